The average Bonchev–Trinajstić information content (AvgIpc) is 2.81. The molecule has 1 atom stereocenters. The maximum absolute atomic E-state index is 13.2. The molecule has 0 amide bonds. The van der Waals surface area contributed by atoms with Crippen LogP contribution in [0.25, 0.3) is 11.3 Å². The molecule has 1 unspecified atom stereocenters. The average molecular weight is 248 g/mol. The standard InChI is InChI=1S/C14H17FN2O/c1-8(2)14(16)13-7-12(17-18-13)10-4-5-11(15)9(3)6-10/h4-8,14H,16H2,1-3H3. The van der Waals surface area contributed by atoms with Gasteiger partial charge in [0.1, 0.15) is 11.5 Å². The summed E-state index contributed by atoms with van der Waals surface area (Å²) in [7, 11) is 0. The van der Waals surface area contributed by atoms with E-state index in [2.05, 4.69) is 5.16 Å². The Bertz CT molecular complexity index is 548. The van der Waals surface area contributed by atoms with Crippen LogP contribution in [0.5, 0.6) is 0 Å². The fraction of sp³-hybridized carbons (Fsp3) is 0.357. The second kappa shape index (κ2) is 4.90. The highest BCUT2D eigenvalue weighted by Crippen LogP contribution is 2.26. The monoisotopic (exact) mass is 248 g/mol. The van der Waals surface area contributed by atoms with Gasteiger partial charge >= 0.3 is 0 Å². The highest BCUT2D eigenvalue weighted by Gasteiger charge is 2.17. The Balaban J connectivity index is 2.32. The van der Waals surface area contributed by atoms with Gasteiger partial charge in [0.15, 0.2) is 5.76 Å². The number of hydrogen-bond acceptors (Lipinski definition) is 3. The summed E-state index contributed by atoms with van der Waals surface area (Å²) in [5, 5.41) is 3.98. The van der Waals surface area contributed by atoms with Crippen molar-refractivity contribution in [1.82, 2.24) is 5.16 Å². The van der Waals surface area contributed by atoms with Crippen LogP contribution in [0.3, 0.4) is 0 Å². The number of nitrogens with zero attached hydrogens (tertiary/aromatic N) is 1. The molecule has 1 aromatic carbocycles. The normalized spacial score (nSPS) is 13.0. The van der Waals surface area contributed by atoms with Crippen molar-refractivity contribution in [2.24, 2.45) is 11.7 Å². The van der Waals surface area contributed by atoms with E-state index in [1.165, 1.54) is 6.07 Å². The molecule has 96 valence electrons. The number of hydrogen-bond donors (Lipinski definition) is 1. The zero-order chi connectivity index (χ0) is 13.3. The van der Waals surface area contributed by atoms with Crippen LogP contribution < -0.4 is 5.73 Å². The number of halogens is 1. The number of aromatic nitrogens is 1. The third-order valence-corrected chi connectivity index (χ3v) is 3.03. The lowest BCUT2D eigenvalue weighted by molar-refractivity contribution is 0.333. The Kier molecular flexibility index (Phi) is 3.48. The fourth-order valence-corrected chi connectivity index (χ4v) is 1.72. The molecule has 1 aromatic heterocycles. The van der Waals surface area contributed by atoms with Gasteiger partial charge in [-0.1, -0.05) is 19.0 Å². The second-order valence-corrected chi connectivity index (χ2v) is 4.85. The number of nitrogens with two attached hydrogens (primary N) is 1. The molecule has 4 heteroatoms. The molecule has 0 radical (unpaired) electrons. The van der Waals surface area contributed by atoms with Gasteiger partial charge in [0, 0.05) is 11.6 Å². The molecule has 0 saturated heterocycles. The van der Waals surface area contributed by atoms with Gasteiger partial charge in [-0.05, 0) is 36.6 Å². The Labute approximate surface area is 106 Å². The van der Waals surface area contributed by atoms with Gasteiger partial charge in [-0.2, -0.15) is 0 Å². The minimum absolute atomic E-state index is 0.173. The van der Waals surface area contributed by atoms with Crippen molar-refractivity contribution in [1.29, 1.82) is 0 Å². The maximum Gasteiger partial charge on any atom is 0.154 e. The zero-order valence-electron chi connectivity index (χ0n) is 10.8. The molecule has 2 aromatic rings. The van der Waals surface area contributed by atoms with Crippen LogP contribution in [0.15, 0.2) is 28.8 Å². The van der Waals surface area contributed by atoms with Gasteiger partial charge in [-0.3, -0.25) is 0 Å². The first-order valence-electron chi connectivity index (χ1n) is 5.97. The third-order valence-electron chi connectivity index (χ3n) is 3.03. The van der Waals surface area contributed by atoms with E-state index in [1.54, 1.807) is 19.1 Å². The summed E-state index contributed by atoms with van der Waals surface area (Å²) in [5.41, 5.74) is 8.10. The lowest BCUT2D eigenvalue weighted by Gasteiger charge is -2.10. The molecule has 0 saturated carbocycles. The minimum Gasteiger partial charge on any atom is -0.359 e. The predicted octanol–water partition coefficient (Wildman–Crippen LogP) is 3.44. The van der Waals surface area contributed by atoms with Crippen LogP contribution in [-0.2, 0) is 0 Å². The molecule has 0 fully saturated rings. The van der Waals surface area contributed by atoms with E-state index in [1.807, 2.05) is 19.9 Å². The van der Waals surface area contributed by atoms with Crippen LogP contribution >= 0.6 is 0 Å². The van der Waals surface area contributed by atoms with Crippen molar-refractivity contribution in [3.8, 4) is 11.3 Å². The lowest BCUT2D eigenvalue weighted by atomic mass is 10.0. The van der Waals surface area contributed by atoms with Crippen molar-refractivity contribution in [2.75, 3.05) is 0 Å². The van der Waals surface area contributed by atoms with Gasteiger partial charge in [-0.25, -0.2) is 4.39 Å². The van der Waals surface area contributed by atoms with Crippen molar-refractivity contribution < 1.29 is 8.91 Å². The first-order chi connectivity index (χ1) is 8.49. The van der Waals surface area contributed by atoms with Crippen LogP contribution in [-0.4, -0.2) is 5.16 Å². The largest absolute Gasteiger partial charge is 0.359 e. The van der Waals surface area contributed by atoms with E-state index in [-0.39, 0.29) is 17.8 Å². The second-order valence-electron chi connectivity index (χ2n) is 4.85. The van der Waals surface area contributed by atoms with E-state index in [0.717, 1.165) is 5.56 Å². The van der Waals surface area contributed by atoms with E-state index in [0.29, 0.717) is 17.0 Å². The molecule has 18 heavy (non-hydrogen) atoms. The lowest BCUT2D eigenvalue weighted by Crippen LogP contribution is -2.15. The first kappa shape index (κ1) is 12.8. The maximum atomic E-state index is 13.2. The summed E-state index contributed by atoms with van der Waals surface area (Å²) in [6.45, 7) is 5.77. The van der Waals surface area contributed by atoms with Crippen molar-refractivity contribution >= 4 is 0 Å². The molecular weight excluding hydrogens is 231 g/mol. The highest BCUT2D eigenvalue weighted by molar-refractivity contribution is 5.60. The SMILES string of the molecule is Cc1cc(-c2cc(C(N)C(C)C)on2)ccc1F. The zero-order valence-corrected chi connectivity index (χ0v) is 10.8. The summed E-state index contributed by atoms with van der Waals surface area (Å²) >= 11 is 0. The minimum atomic E-state index is -0.221. The predicted molar refractivity (Wildman–Crippen MR) is 68.4 cm³/mol. The van der Waals surface area contributed by atoms with Crippen LogP contribution in [0.4, 0.5) is 4.39 Å². The van der Waals surface area contributed by atoms with Gasteiger partial charge in [-0.15, -0.1) is 0 Å². The Morgan fingerprint density at radius 1 is 1.28 bits per heavy atom. The number of rotatable bonds is 3. The number of benzene rings is 1. The molecule has 0 aliphatic carbocycles. The molecule has 0 aliphatic rings. The smallest absolute Gasteiger partial charge is 0.154 e. The summed E-state index contributed by atoms with van der Waals surface area (Å²) in [6, 6.07) is 6.51. The molecule has 3 nitrogen and oxygen atoms in total. The summed E-state index contributed by atoms with van der Waals surface area (Å²) in [5.74, 6) is 0.712. The Hall–Kier alpha value is -1.68. The van der Waals surface area contributed by atoms with Gasteiger partial charge in [0.25, 0.3) is 0 Å². The van der Waals surface area contributed by atoms with Crippen LogP contribution in [0, 0.1) is 18.7 Å². The first-order valence-corrected chi connectivity index (χ1v) is 5.97. The quantitative estimate of drug-likeness (QED) is 0.905. The molecule has 0 bridgehead atoms. The van der Waals surface area contributed by atoms with E-state index < -0.39 is 0 Å². The summed E-state index contributed by atoms with van der Waals surface area (Å²) < 4.78 is 18.4. The van der Waals surface area contributed by atoms with E-state index >= 15 is 0 Å². The van der Waals surface area contributed by atoms with Crippen molar-refractivity contribution in [3.05, 3.63) is 41.4 Å². The van der Waals surface area contributed by atoms with Crippen LogP contribution in [0.2, 0.25) is 0 Å². The van der Waals surface area contributed by atoms with Gasteiger partial charge < -0.3 is 10.3 Å². The molecular formula is C14H17FN2O. The fourth-order valence-electron chi connectivity index (χ4n) is 1.72. The van der Waals surface area contributed by atoms with Gasteiger partial charge in [0.2, 0.25) is 0 Å². The molecule has 0 spiro atoms. The summed E-state index contributed by atoms with van der Waals surface area (Å²) in [6.07, 6.45) is 0. The third kappa shape index (κ3) is 2.43. The molecule has 0 aliphatic heterocycles. The van der Waals surface area contributed by atoms with Crippen molar-refractivity contribution in [2.45, 2.75) is 26.8 Å². The number of aryl methyl sites for hydroxylation is 1. The van der Waals surface area contributed by atoms with Crippen LogP contribution in [0.1, 0.15) is 31.2 Å². The van der Waals surface area contributed by atoms with Gasteiger partial charge in [0.05, 0.1) is 6.04 Å². The molecule has 1 heterocycles. The molecule has 2 N–H and O–H groups in total. The van der Waals surface area contributed by atoms with E-state index in [9.17, 15) is 4.39 Å². The van der Waals surface area contributed by atoms with E-state index in [4.69, 9.17) is 10.3 Å². The molecule has 2 rings (SSSR count). The topological polar surface area (TPSA) is 52.0 Å². The summed E-state index contributed by atoms with van der Waals surface area (Å²) in [4.78, 5) is 0. The Morgan fingerprint density at radius 2 is 2.00 bits per heavy atom. The highest BCUT2D eigenvalue weighted by atomic mass is 19.1. The Morgan fingerprint density at radius 3 is 2.61 bits per heavy atom. The van der Waals surface area contributed by atoms with Crippen molar-refractivity contribution in [3.63, 3.8) is 0 Å².